The molecule has 0 bridgehead atoms. The Morgan fingerprint density at radius 3 is 2.80 bits per heavy atom. The van der Waals surface area contributed by atoms with Crippen LogP contribution >= 0.6 is 0 Å². The molecule has 1 aromatic carbocycles. The smallest absolute Gasteiger partial charge is 0.145 e. The van der Waals surface area contributed by atoms with Crippen molar-refractivity contribution in [2.75, 3.05) is 23.7 Å². The molecule has 0 amide bonds. The van der Waals surface area contributed by atoms with E-state index in [0.29, 0.717) is 11.6 Å². The van der Waals surface area contributed by atoms with E-state index in [4.69, 9.17) is 5.73 Å². The summed E-state index contributed by atoms with van der Waals surface area (Å²) in [6.45, 7) is 6.85. The minimum atomic E-state index is 0.309. The number of anilines is 2. The summed E-state index contributed by atoms with van der Waals surface area (Å²) < 4.78 is 1.86. The van der Waals surface area contributed by atoms with Gasteiger partial charge in [0.1, 0.15) is 11.6 Å². The highest BCUT2D eigenvalue weighted by Crippen LogP contribution is 2.24. The predicted octanol–water partition coefficient (Wildman–Crippen LogP) is 2.40. The number of aromatic hydroxyl groups is 1. The van der Waals surface area contributed by atoms with Gasteiger partial charge >= 0.3 is 0 Å². The Hall–Kier alpha value is -2.17. The number of phenols is 1. The highest BCUT2D eigenvalue weighted by atomic mass is 16.3. The third-order valence-electron chi connectivity index (χ3n) is 3.39. The highest BCUT2D eigenvalue weighted by molar-refractivity contribution is 5.56. The van der Waals surface area contributed by atoms with Crippen LogP contribution in [-0.2, 0) is 6.54 Å². The Kier molecular flexibility index (Phi) is 4.50. The molecule has 0 radical (unpaired) electrons. The van der Waals surface area contributed by atoms with Crippen LogP contribution in [0.25, 0.3) is 0 Å². The lowest BCUT2D eigenvalue weighted by molar-refractivity contribution is 0.475. The fourth-order valence-electron chi connectivity index (χ4n) is 2.31. The molecule has 5 heteroatoms. The van der Waals surface area contributed by atoms with Gasteiger partial charge in [-0.2, -0.15) is 5.10 Å². The number of hydrogen-bond donors (Lipinski definition) is 2. The Bertz CT molecular complexity index is 565. The van der Waals surface area contributed by atoms with E-state index < -0.39 is 0 Å². The maximum absolute atomic E-state index is 9.63. The van der Waals surface area contributed by atoms with E-state index >= 15 is 0 Å². The fourth-order valence-corrected chi connectivity index (χ4v) is 2.31. The van der Waals surface area contributed by atoms with Gasteiger partial charge in [-0.1, -0.05) is 6.07 Å². The molecule has 0 aliphatic carbocycles. The summed E-state index contributed by atoms with van der Waals surface area (Å²) >= 11 is 0. The number of aryl methyl sites for hydroxylation is 2. The van der Waals surface area contributed by atoms with Crippen molar-refractivity contribution in [3.05, 3.63) is 36.0 Å². The Morgan fingerprint density at radius 1 is 1.35 bits per heavy atom. The molecule has 0 fully saturated rings. The van der Waals surface area contributed by atoms with Crippen molar-refractivity contribution < 1.29 is 5.11 Å². The van der Waals surface area contributed by atoms with Gasteiger partial charge in [-0.05, 0) is 38.0 Å². The Morgan fingerprint density at radius 2 is 2.15 bits per heavy atom. The molecule has 0 unspecified atom stereocenters. The van der Waals surface area contributed by atoms with Crippen LogP contribution < -0.4 is 10.6 Å². The third kappa shape index (κ3) is 3.44. The van der Waals surface area contributed by atoms with Gasteiger partial charge in [0.25, 0.3) is 0 Å². The minimum absolute atomic E-state index is 0.309. The number of benzene rings is 1. The van der Waals surface area contributed by atoms with Crippen LogP contribution in [0.1, 0.15) is 18.9 Å². The molecule has 108 valence electrons. The molecule has 0 aliphatic heterocycles. The van der Waals surface area contributed by atoms with Crippen LogP contribution in [0.5, 0.6) is 5.75 Å². The van der Waals surface area contributed by atoms with Gasteiger partial charge in [-0.3, -0.25) is 4.68 Å². The quantitative estimate of drug-likeness (QED) is 0.848. The average molecular weight is 274 g/mol. The van der Waals surface area contributed by atoms with Crippen LogP contribution in [0.2, 0.25) is 0 Å². The maximum atomic E-state index is 9.63. The van der Waals surface area contributed by atoms with Crippen molar-refractivity contribution in [3.63, 3.8) is 0 Å². The van der Waals surface area contributed by atoms with Crippen LogP contribution in [0.3, 0.4) is 0 Å². The average Bonchev–Trinajstić information content (AvgIpc) is 2.84. The van der Waals surface area contributed by atoms with Gasteiger partial charge in [0.2, 0.25) is 0 Å². The summed E-state index contributed by atoms with van der Waals surface area (Å²) in [5.74, 6) is 0.866. The van der Waals surface area contributed by atoms with E-state index in [1.165, 1.54) is 5.56 Å². The van der Waals surface area contributed by atoms with Gasteiger partial charge in [0.15, 0.2) is 0 Å². The first-order valence-corrected chi connectivity index (χ1v) is 6.93. The summed E-state index contributed by atoms with van der Waals surface area (Å²) in [5.41, 5.74) is 7.86. The van der Waals surface area contributed by atoms with E-state index in [9.17, 15) is 5.11 Å². The fraction of sp³-hybridized carbons (Fsp3) is 0.400. The highest BCUT2D eigenvalue weighted by Gasteiger charge is 2.08. The number of hydrogen-bond acceptors (Lipinski definition) is 4. The first-order chi connectivity index (χ1) is 9.60. The van der Waals surface area contributed by atoms with Crippen molar-refractivity contribution in [2.24, 2.45) is 0 Å². The summed E-state index contributed by atoms with van der Waals surface area (Å²) in [6.07, 6.45) is 2.87. The molecular weight excluding hydrogens is 252 g/mol. The molecule has 1 heterocycles. The van der Waals surface area contributed by atoms with E-state index in [1.54, 1.807) is 12.1 Å². The number of rotatable bonds is 6. The van der Waals surface area contributed by atoms with Crippen molar-refractivity contribution >= 4 is 11.5 Å². The molecule has 5 nitrogen and oxygen atoms in total. The molecule has 0 saturated heterocycles. The van der Waals surface area contributed by atoms with Crippen molar-refractivity contribution in [3.8, 4) is 5.75 Å². The molecule has 2 rings (SSSR count). The second-order valence-electron chi connectivity index (χ2n) is 4.91. The van der Waals surface area contributed by atoms with Gasteiger partial charge < -0.3 is 15.7 Å². The van der Waals surface area contributed by atoms with Crippen molar-refractivity contribution in [1.29, 1.82) is 0 Å². The van der Waals surface area contributed by atoms with E-state index in [0.717, 1.165) is 31.7 Å². The number of aromatic nitrogens is 2. The number of phenolic OH excluding ortho intramolecular Hbond substituents is 1. The van der Waals surface area contributed by atoms with Crippen LogP contribution in [0, 0.1) is 6.92 Å². The maximum Gasteiger partial charge on any atom is 0.145 e. The lowest BCUT2D eigenvalue weighted by Crippen LogP contribution is -2.25. The second kappa shape index (κ2) is 6.32. The van der Waals surface area contributed by atoms with E-state index in [-0.39, 0.29) is 0 Å². The molecule has 1 aromatic heterocycles. The van der Waals surface area contributed by atoms with Gasteiger partial charge in [-0.15, -0.1) is 0 Å². The van der Waals surface area contributed by atoms with Crippen molar-refractivity contribution in [1.82, 2.24) is 9.78 Å². The van der Waals surface area contributed by atoms with Gasteiger partial charge in [0.05, 0.1) is 0 Å². The van der Waals surface area contributed by atoms with E-state index in [1.807, 2.05) is 23.0 Å². The zero-order valence-corrected chi connectivity index (χ0v) is 12.1. The number of nitrogens with zero attached hydrogens (tertiary/aromatic N) is 3. The molecule has 3 N–H and O–H groups in total. The molecular formula is C15H22N4O. The van der Waals surface area contributed by atoms with Gasteiger partial charge in [-0.25, -0.2) is 0 Å². The first-order valence-electron chi connectivity index (χ1n) is 6.93. The molecule has 0 spiro atoms. The SMILES string of the molecule is CCN(CCCn1ccc(N)n1)c1cc(O)ccc1C. The molecule has 0 saturated carbocycles. The van der Waals surface area contributed by atoms with Crippen LogP contribution in [0.15, 0.2) is 30.5 Å². The van der Waals surface area contributed by atoms with Gasteiger partial charge in [0, 0.05) is 37.6 Å². The van der Waals surface area contributed by atoms with E-state index in [2.05, 4.69) is 23.8 Å². The topological polar surface area (TPSA) is 67.3 Å². The first kappa shape index (κ1) is 14.2. The second-order valence-corrected chi connectivity index (χ2v) is 4.91. The summed E-state index contributed by atoms with van der Waals surface area (Å²) in [6, 6.07) is 7.29. The van der Waals surface area contributed by atoms with Crippen LogP contribution in [-0.4, -0.2) is 28.0 Å². The Labute approximate surface area is 119 Å². The number of nitrogens with two attached hydrogens (primary N) is 1. The Balaban J connectivity index is 1.96. The molecule has 20 heavy (non-hydrogen) atoms. The normalized spacial score (nSPS) is 10.7. The lowest BCUT2D eigenvalue weighted by atomic mass is 10.1. The molecule has 2 aromatic rings. The minimum Gasteiger partial charge on any atom is -0.508 e. The molecule has 0 aliphatic rings. The lowest BCUT2D eigenvalue weighted by Gasteiger charge is -2.25. The monoisotopic (exact) mass is 274 g/mol. The zero-order chi connectivity index (χ0) is 14.5. The largest absolute Gasteiger partial charge is 0.508 e. The zero-order valence-electron chi connectivity index (χ0n) is 12.1. The summed E-state index contributed by atoms with van der Waals surface area (Å²) in [5, 5.41) is 13.8. The predicted molar refractivity (Wildman–Crippen MR) is 82.0 cm³/mol. The number of nitrogen functional groups attached to an aromatic ring is 1. The summed E-state index contributed by atoms with van der Waals surface area (Å²) in [4.78, 5) is 2.27. The third-order valence-corrected chi connectivity index (χ3v) is 3.39. The molecule has 0 atom stereocenters. The standard InChI is InChI=1S/C15H22N4O/c1-3-18(14-11-13(20)6-5-12(14)2)8-4-9-19-10-7-15(16)17-19/h5-7,10-11,20H,3-4,8-9H2,1-2H3,(H2,16,17). The summed E-state index contributed by atoms with van der Waals surface area (Å²) in [7, 11) is 0. The van der Waals surface area contributed by atoms with Crippen molar-refractivity contribution in [2.45, 2.75) is 26.8 Å². The van der Waals surface area contributed by atoms with Crippen LogP contribution in [0.4, 0.5) is 11.5 Å².